The van der Waals surface area contributed by atoms with Gasteiger partial charge in [0.1, 0.15) is 22.2 Å². The second kappa shape index (κ2) is 8.04. The first-order valence-electron chi connectivity index (χ1n) is 8.29. The fourth-order valence-corrected chi connectivity index (χ4v) is 5.07. The van der Waals surface area contributed by atoms with Gasteiger partial charge < -0.3 is 14.4 Å². The molecule has 146 valence electrons. The largest absolute Gasteiger partial charge is 0.496 e. The first-order chi connectivity index (χ1) is 12.9. The molecule has 1 saturated heterocycles. The lowest BCUT2D eigenvalue weighted by Crippen LogP contribution is -2.48. The van der Waals surface area contributed by atoms with Gasteiger partial charge in [-0.25, -0.2) is 12.8 Å². The van der Waals surface area contributed by atoms with Crippen molar-refractivity contribution >= 4 is 31.6 Å². The molecule has 3 rings (SSSR count). The van der Waals surface area contributed by atoms with E-state index in [1.807, 2.05) is 4.90 Å². The predicted molar refractivity (Wildman–Crippen MR) is 105 cm³/mol. The fraction of sp³-hybridized carbons (Fsp3) is 0.333. The Hall–Kier alpha value is -1.84. The molecule has 1 fully saturated rings. The Morgan fingerprint density at radius 1 is 0.963 bits per heavy atom. The topological polar surface area (TPSA) is 59.1 Å². The molecule has 0 unspecified atom stereocenters. The molecule has 0 saturated carbocycles. The Morgan fingerprint density at radius 2 is 1.56 bits per heavy atom. The highest BCUT2D eigenvalue weighted by Crippen LogP contribution is 2.37. The van der Waals surface area contributed by atoms with E-state index in [1.54, 1.807) is 18.2 Å². The van der Waals surface area contributed by atoms with Crippen molar-refractivity contribution < 1.29 is 22.3 Å². The Bertz CT molecular complexity index is 914. The van der Waals surface area contributed by atoms with Gasteiger partial charge in [0.2, 0.25) is 10.0 Å². The van der Waals surface area contributed by atoms with Gasteiger partial charge >= 0.3 is 0 Å². The number of rotatable bonds is 5. The van der Waals surface area contributed by atoms with E-state index in [1.165, 1.54) is 36.7 Å². The van der Waals surface area contributed by atoms with Crippen molar-refractivity contribution in [1.82, 2.24) is 4.31 Å². The highest BCUT2D eigenvalue weighted by atomic mass is 79.9. The van der Waals surface area contributed by atoms with Crippen molar-refractivity contribution in [2.45, 2.75) is 4.90 Å². The number of benzene rings is 2. The lowest BCUT2D eigenvalue weighted by Gasteiger charge is -2.35. The average molecular weight is 459 g/mol. The first kappa shape index (κ1) is 19.9. The second-order valence-electron chi connectivity index (χ2n) is 6.01. The van der Waals surface area contributed by atoms with Crippen LogP contribution in [-0.2, 0) is 10.0 Å². The Labute approximate surface area is 166 Å². The van der Waals surface area contributed by atoms with Crippen LogP contribution in [-0.4, -0.2) is 53.1 Å². The minimum absolute atomic E-state index is 0.0697. The van der Waals surface area contributed by atoms with Gasteiger partial charge in [-0.2, -0.15) is 4.31 Å². The number of piperazine rings is 1. The smallest absolute Gasteiger partial charge is 0.247 e. The number of anilines is 1. The molecule has 2 aromatic carbocycles. The van der Waals surface area contributed by atoms with E-state index >= 15 is 0 Å². The summed E-state index contributed by atoms with van der Waals surface area (Å²) >= 11 is 3.34. The van der Waals surface area contributed by atoms with E-state index in [4.69, 9.17) is 9.47 Å². The van der Waals surface area contributed by atoms with Crippen molar-refractivity contribution in [1.29, 1.82) is 0 Å². The highest BCUT2D eigenvalue weighted by molar-refractivity contribution is 9.10. The summed E-state index contributed by atoms with van der Waals surface area (Å²) < 4.78 is 51.9. The maximum Gasteiger partial charge on any atom is 0.247 e. The van der Waals surface area contributed by atoms with Crippen LogP contribution in [0.15, 0.2) is 45.8 Å². The number of hydrogen-bond donors (Lipinski definition) is 0. The zero-order valence-electron chi connectivity index (χ0n) is 15.0. The van der Waals surface area contributed by atoms with Crippen molar-refractivity contribution in [2.75, 3.05) is 45.3 Å². The lowest BCUT2D eigenvalue weighted by molar-refractivity contribution is 0.370. The quantitative estimate of drug-likeness (QED) is 0.688. The van der Waals surface area contributed by atoms with Crippen molar-refractivity contribution in [3.05, 3.63) is 46.7 Å². The summed E-state index contributed by atoms with van der Waals surface area (Å²) in [6.07, 6.45) is 0. The molecule has 0 N–H and O–H groups in total. The number of sulfonamides is 1. The number of halogens is 2. The first-order valence-corrected chi connectivity index (χ1v) is 10.5. The van der Waals surface area contributed by atoms with Crippen molar-refractivity contribution in [3.8, 4) is 11.5 Å². The molecule has 2 aromatic rings. The Balaban J connectivity index is 1.82. The normalized spacial score (nSPS) is 15.6. The number of methoxy groups -OCH3 is 2. The highest BCUT2D eigenvalue weighted by Gasteiger charge is 2.32. The summed E-state index contributed by atoms with van der Waals surface area (Å²) in [6.45, 7) is 1.67. The van der Waals surface area contributed by atoms with Crippen molar-refractivity contribution in [3.63, 3.8) is 0 Å². The van der Waals surface area contributed by atoms with Gasteiger partial charge in [-0.05, 0) is 46.3 Å². The van der Waals surface area contributed by atoms with Crippen LogP contribution < -0.4 is 14.4 Å². The van der Waals surface area contributed by atoms with Gasteiger partial charge in [0, 0.05) is 37.9 Å². The molecular weight excluding hydrogens is 439 g/mol. The van der Waals surface area contributed by atoms with Crippen LogP contribution in [0.2, 0.25) is 0 Å². The molecule has 0 atom stereocenters. The zero-order chi connectivity index (χ0) is 19.6. The number of nitrogens with zero attached hydrogens (tertiary/aromatic N) is 2. The fourth-order valence-electron chi connectivity index (χ4n) is 3.01. The molecular formula is C18H20BrFN2O4S. The molecule has 0 spiro atoms. The molecule has 1 aliphatic heterocycles. The lowest BCUT2D eigenvalue weighted by atomic mass is 10.2. The van der Waals surface area contributed by atoms with Gasteiger partial charge in [0.25, 0.3) is 0 Å². The molecule has 0 amide bonds. The van der Waals surface area contributed by atoms with E-state index in [-0.39, 0.29) is 16.5 Å². The van der Waals surface area contributed by atoms with E-state index in [0.29, 0.717) is 36.4 Å². The SMILES string of the molecule is COc1cc(S(=O)(=O)N2CCN(c3ccc(F)cc3)CC2)c(OC)cc1Br. The number of ether oxygens (including phenoxy) is 2. The molecule has 1 heterocycles. The maximum absolute atomic E-state index is 13.1. The van der Waals surface area contributed by atoms with Gasteiger partial charge in [-0.3, -0.25) is 0 Å². The van der Waals surface area contributed by atoms with Crippen LogP contribution in [0.4, 0.5) is 10.1 Å². The molecule has 1 aliphatic rings. The van der Waals surface area contributed by atoms with Crippen LogP contribution in [0, 0.1) is 5.82 Å². The summed E-state index contributed by atoms with van der Waals surface area (Å²) in [5.41, 5.74) is 0.872. The van der Waals surface area contributed by atoms with Gasteiger partial charge in [0.05, 0.1) is 18.7 Å². The van der Waals surface area contributed by atoms with E-state index < -0.39 is 10.0 Å². The van der Waals surface area contributed by atoms with E-state index in [9.17, 15) is 12.8 Å². The summed E-state index contributed by atoms with van der Waals surface area (Å²) in [6, 6.07) is 9.24. The van der Waals surface area contributed by atoms with Gasteiger partial charge in [-0.1, -0.05) is 0 Å². The third-order valence-corrected chi connectivity index (χ3v) is 7.03. The monoisotopic (exact) mass is 458 g/mol. The van der Waals surface area contributed by atoms with E-state index in [0.717, 1.165) is 5.69 Å². The third kappa shape index (κ3) is 4.04. The van der Waals surface area contributed by atoms with Crippen LogP contribution in [0.3, 0.4) is 0 Å². The molecule has 27 heavy (non-hydrogen) atoms. The standard InChI is InChI=1S/C18H20BrFN2O4S/c1-25-16-12-18(17(26-2)11-15(16)19)27(23,24)22-9-7-21(8-10-22)14-5-3-13(20)4-6-14/h3-6,11-12H,7-10H2,1-2H3. The number of hydrogen-bond acceptors (Lipinski definition) is 5. The van der Waals surface area contributed by atoms with Crippen LogP contribution >= 0.6 is 15.9 Å². The molecule has 9 heteroatoms. The minimum atomic E-state index is -3.75. The molecule has 0 radical (unpaired) electrons. The van der Waals surface area contributed by atoms with E-state index in [2.05, 4.69) is 15.9 Å². The zero-order valence-corrected chi connectivity index (χ0v) is 17.4. The summed E-state index contributed by atoms with van der Waals surface area (Å²) in [5.74, 6) is 0.374. The van der Waals surface area contributed by atoms with Crippen molar-refractivity contribution in [2.24, 2.45) is 0 Å². The Morgan fingerprint density at radius 3 is 2.11 bits per heavy atom. The predicted octanol–water partition coefficient (Wildman–Crippen LogP) is 3.12. The Kier molecular flexibility index (Phi) is 5.92. The molecule has 0 bridgehead atoms. The van der Waals surface area contributed by atoms with Crippen LogP contribution in [0.25, 0.3) is 0 Å². The molecule has 0 aliphatic carbocycles. The summed E-state index contributed by atoms with van der Waals surface area (Å²) in [5, 5.41) is 0. The maximum atomic E-state index is 13.1. The van der Waals surface area contributed by atoms with Crippen LogP contribution in [0.1, 0.15) is 0 Å². The molecule has 6 nitrogen and oxygen atoms in total. The molecule has 0 aromatic heterocycles. The third-order valence-electron chi connectivity index (χ3n) is 4.49. The van der Waals surface area contributed by atoms with Gasteiger partial charge in [-0.15, -0.1) is 0 Å². The van der Waals surface area contributed by atoms with Crippen LogP contribution in [0.5, 0.6) is 11.5 Å². The summed E-state index contributed by atoms with van der Waals surface area (Å²) in [4.78, 5) is 2.10. The summed E-state index contributed by atoms with van der Waals surface area (Å²) in [7, 11) is -0.839. The second-order valence-corrected chi connectivity index (χ2v) is 8.77. The average Bonchev–Trinajstić information content (AvgIpc) is 2.68. The van der Waals surface area contributed by atoms with Gasteiger partial charge in [0.15, 0.2) is 0 Å². The minimum Gasteiger partial charge on any atom is -0.496 e.